The summed E-state index contributed by atoms with van der Waals surface area (Å²) in [6.45, 7) is 1.43. The van der Waals surface area contributed by atoms with Gasteiger partial charge in [0.05, 0.1) is 0 Å². The second kappa shape index (κ2) is 5.98. The third-order valence-electron chi connectivity index (χ3n) is 1.83. The van der Waals surface area contributed by atoms with Gasteiger partial charge in [0, 0.05) is 32.1 Å². The van der Waals surface area contributed by atoms with Crippen molar-refractivity contribution in [3.05, 3.63) is 24.0 Å². The first-order chi connectivity index (χ1) is 7.24. The second-order valence-electron chi connectivity index (χ2n) is 3.01. The van der Waals surface area contributed by atoms with Crippen LogP contribution in [0.3, 0.4) is 0 Å². The van der Waals surface area contributed by atoms with E-state index in [0.29, 0.717) is 6.61 Å². The Labute approximate surface area is 88.1 Å². The minimum Gasteiger partial charge on any atom is -0.477 e. The van der Waals surface area contributed by atoms with Gasteiger partial charge in [-0.3, -0.25) is 0 Å². The molecule has 5 heteroatoms. The van der Waals surface area contributed by atoms with Crippen LogP contribution in [0.15, 0.2) is 18.3 Å². The molecule has 0 radical (unpaired) electrons. The molecular weight excluding hydrogens is 196 g/mol. The number of carboxylic acids is 1. The van der Waals surface area contributed by atoms with Crippen LogP contribution in [0.2, 0.25) is 0 Å². The van der Waals surface area contributed by atoms with E-state index in [4.69, 9.17) is 9.84 Å². The summed E-state index contributed by atoms with van der Waals surface area (Å²) in [6.07, 6.45) is 2.35. The minimum atomic E-state index is -1.02. The average Bonchev–Trinajstić information content (AvgIpc) is 2.25. The van der Waals surface area contributed by atoms with E-state index >= 15 is 0 Å². The Morgan fingerprint density at radius 2 is 2.47 bits per heavy atom. The van der Waals surface area contributed by atoms with E-state index in [2.05, 4.69) is 10.3 Å². The lowest BCUT2D eigenvalue weighted by molar-refractivity contribution is 0.0690. The van der Waals surface area contributed by atoms with E-state index in [9.17, 15) is 4.79 Å². The Kier molecular flexibility index (Phi) is 4.56. The van der Waals surface area contributed by atoms with Crippen molar-refractivity contribution < 1.29 is 14.6 Å². The SMILES string of the molecule is COCCCNc1ccnc(C(=O)O)c1. The van der Waals surface area contributed by atoms with Gasteiger partial charge in [-0.25, -0.2) is 9.78 Å². The van der Waals surface area contributed by atoms with Crippen LogP contribution in [-0.2, 0) is 4.74 Å². The van der Waals surface area contributed by atoms with E-state index in [-0.39, 0.29) is 5.69 Å². The smallest absolute Gasteiger partial charge is 0.354 e. The zero-order valence-electron chi connectivity index (χ0n) is 8.56. The molecule has 1 rings (SSSR count). The van der Waals surface area contributed by atoms with Crippen LogP contribution >= 0.6 is 0 Å². The predicted molar refractivity (Wildman–Crippen MR) is 56.2 cm³/mol. The van der Waals surface area contributed by atoms with Crippen molar-refractivity contribution in [2.75, 3.05) is 25.6 Å². The summed E-state index contributed by atoms with van der Waals surface area (Å²) in [4.78, 5) is 14.3. The van der Waals surface area contributed by atoms with Crippen molar-refractivity contribution in [2.24, 2.45) is 0 Å². The van der Waals surface area contributed by atoms with Crippen molar-refractivity contribution in [1.29, 1.82) is 0 Å². The molecule has 15 heavy (non-hydrogen) atoms. The van der Waals surface area contributed by atoms with Gasteiger partial charge in [0.2, 0.25) is 0 Å². The van der Waals surface area contributed by atoms with Gasteiger partial charge in [-0.15, -0.1) is 0 Å². The summed E-state index contributed by atoms with van der Waals surface area (Å²) >= 11 is 0. The first-order valence-electron chi connectivity index (χ1n) is 4.66. The van der Waals surface area contributed by atoms with Gasteiger partial charge < -0.3 is 15.2 Å². The molecule has 0 atom stereocenters. The fourth-order valence-electron chi connectivity index (χ4n) is 1.11. The zero-order valence-corrected chi connectivity index (χ0v) is 8.56. The molecule has 1 aromatic rings. The Hall–Kier alpha value is -1.62. The molecule has 0 aliphatic carbocycles. The maximum Gasteiger partial charge on any atom is 0.354 e. The molecule has 0 unspecified atom stereocenters. The number of nitrogens with one attached hydrogen (secondary N) is 1. The van der Waals surface area contributed by atoms with Gasteiger partial charge in [0.1, 0.15) is 5.69 Å². The van der Waals surface area contributed by atoms with Gasteiger partial charge in [-0.1, -0.05) is 0 Å². The molecule has 82 valence electrons. The van der Waals surface area contributed by atoms with E-state index in [1.165, 1.54) is 12.3 Å². The third-order valence-corrected chi connectivity index (χ3v) is 1.83. The number of hydrogen-bond donors (Lipinski definition) is 2. The summed E-state index contributed by atoms with van der Waals surface area (Å²) in [5, 5.41) is 11.8. The van der Waals surface area contributed by atoms with Crippen molar-refractivity contribution in [3.63, 3.8) is 0 Å². The van der Waals surface area contributed by atoms with Crippen LogP contribution in [0.1, 0.15) is 16.9 Å². The normalized spacial score (nSPS) is 9.93. The lowest BCUT2D eigenvalue weighted by Gasteiger charge is -2.05. The Bertz CT molecular complexity index is 328. The van der Waals surface area contributed by atoms with Gasteiger partial charge >= 0.3 is 5.97 Å². The van der Waals surface area contributed by atoms with E-state index < -0.39 is 5.97 Å². The molecule has 0 bridgehead atoms. The van der Waals surface area contributed by atoms with E-state index in [1.54, 1.807) is 13.2 Å². The Morgan fingerprint density at radius 1 is 1.67 bits per heavy atom. The third kappa shape index (κ3) is 3.95. The van der Waals surface area contributed by atoms with Gasteiger partial charge in [0.25, 0.3) is 0 Å². The van der Waals surface area contributed by atoms with E-state index in [1.807, 2.05) is 0 Å². The molecule has 0 aliphatic heterocycles. The maximum atomic E-state index is 10.6. The zero-order chi connectivity index (χ0) is 11.1. The van der Waals surface area contributed by atoms with Crippen LogP contribution < -0.4 is 5.32 Å². The number of pyridine rings is 1. The summed E-state index contributed by atoms with van der Waals surface area (Å²) in [5.74, 6) is -1.02. The summed E-state index contributed by atoms with van der Waals surface area (Å²) in [6, 6.07) is 3.24. The monoisotopic (exact) mass is 210 g/mol. The Morgan fingerprint density at radius 3 is 3.13 bits per heavy atom. The predicted octanol–water partition coefficient (Wildman–Crippen LogP) is 1.23. The molecule has 1 heterocycles. The molecule has 0 aromatic carbocycles. The largest absolute Gasteiger partial charge is 0.477 e. The lowest BCUT2D eigenvalue weighted by Crippen LogP contribution is -2.06. The highest BCUT2D eigenvalue weighted by atomic mass is 16.5. The van der Waals surface area contributed by atoms with Crippen LogP contribution in [-0.4, -0.2) is 36.3 Å². The fraction of sp³-hybridized carbons (Fsp3) is 0.400. The molecule has 0 aliphatic rings. The van der Waals surface area contributed by atoms with Crippen molar-refractivity contribution in [1.82, 2.24) is 4.98 Å². The number of ether oxygens (including phenoxy) is 1. The number of carboxylic acid groups (broad SMARTS) is 1. The second-order valence-corrected chi connectivity index (χ2v) is 3.01. The number of aromatic carboxylic acids is 1. The highest BCUT2D eigenvalue weighted by Crippen LogP contribution is 2.07. The first-order valence-corrected chi connectivity index (χ1v) is 4.66. The number of carbonyl (C=O) groups is 1. The summed E-state index contributed by atoms with van der Waals surface area (Å²) in [5.41, 5.74) is 0.810. The summed E-state index contributed by atoms with van der Waals surface area (Å²) < 4.78 is 4.90. The van der Waals surface area contributed by atoms with Crippen LogP contribution in [0.5, 0.6) is 0 Å². The molecule has 2 N–H and O–H groups in total. The van der Waals surface area contributed by atoms with Crippen LogP contribution in [0.4, 0.5) is 5.69 Å². The quantitative estimate of drug-likeness (QED) is 0.691. The summed E-state index contributed by atoms with van der Waals surface area (Å²) in [7, 11) is 1.65. The molecule has 5 nitrogen and oxygen atoms in total. The van der Waals surface area contributed by atoms with Crippen molar-refractivity contribution in [2.45, 2.75) is 6.42 Å². The topological polar surface area (TPSA) is 71.5 Å². The van der Waals surface area contributed by atoms with Gasteiger partial charge in [0.15, 0.2) is 0 Å². The number of rotatable bonds is 6. The molecule has 0 fully saturated rings. The average molecular weight is 210 g/mol. The molecule has 0 amide bonds. The van der Waals surface area contributed by atoms with E-state index in [0.717, 1.165) is 18.7 Å². The molecule has 0 spiro atoms. The first kappa shape index (κ1) is 11.5. The van der Waals surface area contributed by atoms with Crippen LogP contribution in [0.25, 0.3) is 0 Å². The minimum absolute atomic E-state index is 0.0479. The number of aromatic nitrogens is 1. The number of hydrogen-bond acceptors (Lipinski definition) is 4. The fourth-order valence-corrected chi connectivity index (χ4v) is 1.11. The Balaban J connectivity index is 2.47. The maximum absolute atomic E-state index is 10.6. The molecule has 0 saturated carbocycles. The van der Waals surface area contributed by atoms with Gasteiger partial charge in [-0.05, 0) is 18.6 Å². The number of nitrogens with zero attached hydrogens (tertiary/aromatic N) is 1. The highest BCUT2D eigenvalue weighted by molar-refractivity contribution is 5.86. The molecule has 1 aromatic heterocycles. The van der Waals surface area contributed by atoms with Crippen molar-refractivity contribution in [3.8, 4) is 0 Å². The van der Waals surface area contributed by atoms with Crippen molar-refractivity contribution >= 4 is 11.7 Å². The molecule has 0 saturated heterocycles. The molecular formula is C10H14N2O3. The standard InChI is InChI=1S/C10H14N2O3/c1-15-6-2-4-11-8-3-5-12-9(7-8)10(13)14/h3,5,7H,2,4,6H2,1H3,(H,11,12)(H,13,14). The lowest BCUT2D eigenvalue weighted by atomic mass is 10.3. The van der Waals surface area contributed by atoms with Crippen LogP contribution in [0, 0.1) is 0 Å². The highest BCUT2D eigenvalue weighted by Gasteiger charge is 2.03. The number of methoxy groups -OCH3 is 1. The van der Waals surface area contributed by atoms with Gasteiger partial charge in [-0.2, -0.15) is 0 Å². The number of anilines is 1.